The molecule has 2 heterocycles. The van der Waals surface area contributed by atoms with Crippen molar-refractivity contribution < 1.29 is 13.5 Å². The zero-order valence-corrected chi connectivity index (χ0v) is 12.2. The molecule has 1 unspecified atom stereocenters. The lowest BCUT2D eigenvalue weighted by Crippen LogP contribution is -2.41. The topological polar surface area (TPSA) is 48.4 Å². The summed E-state index contributed by atoms with van der Waals surface area (Å²) >= 11 is 0. The summed E-state index contributed by atoms with van der Waals surface area (Å²) < 4.78 is 23.5. The maximum Gasteiger partial charge on any atom is 0.515 e. The smallest absolute Gasteiger partial charge is 0.398 e. The molecule has 0 N–H and O–H groups in total. The van der Waals surface area contributed by atoms with Gasteiger partial charge >= 0.3 is 7.12 Å². The van der Waals surface area contributed by atoms with E-state index in [1.807, 2.05) is 27.7 Å². The summed E-state index contributed by atoms with van der Waals surface area (Å²) in [6, 6.07) is 3.56. The number of aromatic nitrogens is 1. The monoisotopic (exact) mass is 267 g/mol. The summed E-state index contributed by atoms with van der Waals surface area (Å²) in [6.07, 6.45) is 3.29. The first-order valence-electron chi connectivity index (χ1n) is 5.88. The lowest BCUT2D eigenvalue weighted by molar-refractivity contribution is 0.00578. The van der Waals surface area contributed by atoms with E-state index in [1.54, 1.807) is 24.6 Å². The predicted octanol–water partition coefficient (Wildman–Crippen LogP) is 1.12. The molecule has 0 bridgehead atoms. The van der Waals surface area contributed by atoms with Gasteiger partial charge < -0.3 is 9.31 Å². The summed E-state index contributed by atoms with van der Waals surface area (Å²) in [7, 11) is -1.67. The Kier molecular flexibility index (Phi) is 3.38. The summed E-state index contributed by atoms with van der Waals surface area (Å²) in [5.74, 6) is 0. The average molecular weight is 267 g/mol. The quantitative estimate of drug-likeness (QED) is 0.753. The van der Waals surface area contributed by atoms with Gasteiger partial charge in [0.25, 0.3) is 0 Å². The molecule has 0 aromatic carbocycles. The molecule has 18 heavy (non-hydrogen) atoms. The van der Waals surface area contributed by atoms with E-state index < -0.39 is 29.1 Å². The average Bonchev–Trinajstić information content (AvgIpc) is 2.48. The first-order valence-corrected chi connectivity index (χ1v) is 7.44. The highest BCUT2D eigenvalue weighted by atomic mass is 32.2. The van der Waals surface area contributed by atoms with E-state index in [4.69, 9.17) is 9.31 Å². The number of nitrogens with zero attached hydrogens (tertiary/aromatic N) is 1. The van der Waals surface area contributed by atoms with Crippen LogP contribution < -0.4 is 5.59 Å². The molecule has 1 aliphatic heterocycles. The van der Waals surface area contributed by atoms with E-state index >= 15 is 0 Å². The van der Waals surface area contributed by atoms with Gasteiger partial charge in [0, 0.05) is 12.5 Å². The molecule has 2 rings (SSSR count). The standard InChI is InChI=1S/C12H18BNO3S/c1-11(2)12(3,4)17-13(16-11)10-9(18(5)15)7-6-8-14-10/h6-8H,1-5H3. The molecule has 0 saturated carbocycles. The lowest BCUT2D eigenvalue weighted by Gasteiger charge is -2.32. The molecule has 4 nitrogen and oxygen atoms in total. The number of rotatable bonds is 2. The van der Waals surface area contributed by atoms with Gasteiger partial charge in [-0.3, -0.25) is 9.19 Å². The minimum absolute atomic E-state index is 0.415. The van der Waals surface area contributed by atoms with Crippen molar-refractivity contribution in [3.05, 3.63) is 18.3 Å². The molecule has 1 aliphatic rings. The van der Waals surface area contributed by atoms with Crippen molar-refractivity contribution in [1.82, 2.24) is 4.98 Å². The van der Waals surface area contributed by atoms with E-state index in [1.165, 1.54) is 0 Å². The number of pyridine rings is 1. The molecule has 1 aromatic heterocycles. The molecule has 0 aliphatic carbocycles. The van der Waals surface area contributed by atoms with Gasteiger partial charge in [-0.05, 0) is 39.8 Å². The second-order valence-corrected chi connectivity index (χ2v) is 6.78. The normalized spacial score (nSPS) is 23.1. The highest BCUT2D eigenvalue weighted by Gasteiger charge is 2.53. The number of hydrogen-bond acceptors (Lipinski definition) is 4. The first kappa shape index (κ1) is 13.7. The Morgan fingerprint density at radius 1 is 1.22 bits per heavy atom. The SMILES string of the molecule is CS(=O)c1cccnc1B1OC(C)(C)C(C)(C)O1. The summed E-state index contributed by atoms with van der Waals surface area (Å²) in [6.45, 7) is 7.94. The van der Waals surface area contributed by atoms with Crippen molar-refractivity contribution in [1.29, 1.82) is 0 Å². The van der Waals surface area contributed by atoms with Gasteiger partial charge in [-0.1, -0.05) is 0 Å². The van der Waals surface area contributed by atoms with Crippen LogP contribution in [0.3, 0.4) is 0 Å². The Labute approximate surface area is 111 Å². The second kappa shape index (κ2) is 4.44. The lowest BCUT2D eigenvalue weighted by atomic mass is 9.84. The summed E-state index contributed by atoms with van der Waals surface area (Å²) in [5, 5.41) is 0. The molecule has 0 spiro atoms. The molecule has 1 fully saturated rings. The maximum absolute atomic E-state index is 11.7. The van der Waals surface area contributed by atoms with Crippen LogP contribution in [0.4, 0.5) is 0 Å². The molecular formula is C12H18BNO3S. The van der Waals surface area contributed by atoms with Crippen LogP contribution in [0.15, 0.2) is 23.2 Å². The predicted molar refractivity (Wildman–Crippen MR) is 72.3 cm³/mol. The van der Waals surface area contributed by atoms with Gasteiger partial charge in [-0.2, -0.15) is 0 Å². The molecular weight excluding hydrogens is 249 g/mol. The largest absolute Gasteiger partial charge is 0.515 e. The van der Waals surface area contributed by atoms with Crippen LogP contribution in [-0.2, 0) is 20.1 Å². The Morgan fingerprint density at radius 2 is 1.78 bits per heavy atom. The fourth-order valence-electron chi connectivity index (χ4n) is 1.78. The van der Waals surface area contributed by atoms with Crippen LogP contribution in [0.5, 0.6) is 0 Å². The summed E-state index contributed by atoms with van der Waals surface area (Å²) in [5.41, 5.74) is -0.222. The summed E-state index contributed by atoms with van der Waals surface area (Å²) in [4.78, 5) is 4.93. The van der Waals surface area contributed by atoms with E-state index in [2.05, 4.69) is 4.98 Å². The van der Waals surface area contributed by atoms with Crippen molar-refractivity contribution in [3.63, 3.8) is 0 Å². The van der Waals surface area contributed by atoms with E-state index in [9.17, 15) is 4.21 Å². The fraction of sp³-hybridized carbons (Fsp3) is 0.583. The highest BCUT2D eigenvalue weighted by molar-refractivity contribution is 7.84. The Bertz CT molecular complexity index is 474. The molecule has 0 amide bonds. The van der Waals surface area contributed by atoms with Crippen LogP contribution in [0.25, 0.3) is 0 Å². The molecule has 1 saturated heterocycles. The van der Waals surface area contributed by atoms with Crippen molar-refractivity contribution in [2.45, 2.75) is 43.8 Å². The minimum atomic E-state index is -1.11. The zero-order chi connectivity index (χ0) is 13.6. The molecule has 6 heteroatoms. The van der Waals surface area contributed by atoms with Gasteiger partial charge in [0.15, 0.2) is 0 Å². The number of hydrogen-bond donors (Lipinski definition) is 0. The van der Waals surface area contributed by atoms with Crippen LogP contribution in [0, 0.1) is 0 Å². The highest BCUT2D eigenvalue weighted by Crippen LogP contribution is 2.36. The third-order valence-electron chi connectivity index (χ3n) is 3.59. The van der Waals surface area contributed by atoms with Crippen LogP contribution >= 0.6 is 0 Å². The van der Waals surface area contributed by atoms with Gasteiger partial charge in [0.2, 0.25) is 0 Å². The minimum Gasteiger partial charge on any atom is -0.398 e. The molecule has 0 radical (unpaired) electrons. The molecule has 98 valence electrons. The van der Waals surface area contributed by atoms with Gasteiger partial charge in [0.1, 0.15) is 0 Å². The van der Waals surface area contributed by atoms with Gasteiger partial charge in [-0.25, -0.2) is 0 Å². The van der Waals surface area contributed by atoms with Crippen molar-refractivity contribution >= 4 is 23.5 Å². The maximum atomic E-state index is 11.7. The van der Waals surface area contributed by atoms with Crippen LogP contribution in [0.1, 0.15) is 27.7 Å². The van der Waals surface area contributed by atoms with E-state index in [0.29, 0.717) is 10.5 Å². The first-order chi connectivity index (χ1) is 8.24. The molecule has 1 atom stereocenters. The van der Waals surface area contributed by atoms with Crippen LogP contribution in [0.2, 0.25) is 0 Å². The van der Waals surface area contributed by atoms with Crippen molar-refractivity contribution in [3.8, 4) is 0 Å². The Balaban J connectivity index is 2.38. The van der Waals surface area contributed by atoms with Crippen molar-refractivity contribution in [2.75, 3.05) is 6.26 Å². The zero-order valence-electron chi connectivity index (χ0n) is 11.4. The van der Waals surface area contributed by atoms with Gasteiger partial charge in [-0.15, -0.1) is 0 Å². The van der Waals surface area contributed by atoms with Gasteiger partial charge in [0.05, 0.1) is 32.5 Å². The third-order valence-corrected chi connectivity index (χ3v) is 4.55. The van der Waals surface area contributed by atoms with E-state index in [0.717, 1.165) is 0 Å². The van der Waals surface area contributed by atoms with E-state index in [-0.39, 0.29) is 0 Å². The van der Waals surface area contributed by atoms with Crippen molar-refractivity contribution in [2.24, 2.45) is 0 Å². The third kappa shape index (κ3) is 2.24. The van der Waals surface area contributed by atoms with Crippen LogP contribution in [-0.4, -0.2) is 33.8 Å². The Hall–Kier alpha value is -0.715. The second-order valence-electron chi connectivity index (χ2n) is 5.43. The Morgan fingerprint density at radius 3 is 2.28 bits per heavy atom. The fourth-order valence-corrected chi connectivity index (χ4v) is 2.49. The molecule has 1 aromatic rings.